The molecule has 2 fully saturated rings. The Bertz CT molecular complexity index is 243. The predicted molar refractivity (Wildman–Crippen MR) is 74.0 cm³/mol. The summed E-state index contributed by atoms with van der Waals surface area (Å²) in [6.45, 7) is 9.22. The summed E-state index contributed by atoms with van der Waals surface area (Å²) in [5.41, 5.74) is 6.51. The van der Waals surface area contributed by atoms with Gasteiger partial charge in [0.25, 0.3) is 0 Å². The van der Waals surface area contributed by atoms with Crippen LogP contribution in [0.4, 0.5) is 0 Å². The maximum Gasteiger partial charge on any atom is 0.0340 e. The summed E-state index contributed by atoms with van der Waals surface area (Å²) in [5, 5.41) is 0. The van der Waals surface area contributed by atoms with E-state index in [4.69, 9.17) is 5.73 Å². The van der Waals surface area contributed by atoms with Crippen molar-refractivity contribution in [1.29, 1.82) is 0 Å². The number of nitrogens with zero attached hydrogens (tertiary/aromatic N) is 1. The van der Waals surface area contributed by atoms with Crippen LogP contribution in [0.25, 0.3) is 0 Å². The number of hydrogen-bond donors (Lipinski definition) is 1. The fraction of sp³-hybridized carbons (Fsp3) is 1.00. The molecule has 1 atom stereocenters. The zero-order valence-corrected chi connectivity index (χ0v) is 11.9. The molecule has 2 nitrogen and oxygen atoms in total. The van der Waals surface area contributed by atoms with Gasteiger partial charge in [-0.25, -0.2) is 0 Å². The standard InChI is InChI=1S/C15H30N2/c1-4-14-7-5-6-8-17(14)15(11-16)9-13(10-15)12(2)3/h12-14H,4-11,16H2,1-3H3. The number of rotatable bonds is 4. The smallest absolute Gasteiger partial charge is 0.0340 e. The zero-order chi connectivity index (χ0) is 12.5. The fourth-order valence-corrected chi connectivity index (χ4v) is 3.96. The minimum atomic E-state index is 0.371. The second-order valence-corrected chi connectivity index (χ2v) is 6.59. The number of piperidine rings is 1. The van der Waals surface area contributed by atoms with E-state index in [2.05, 4.69) is 25.7 Å². The topological polar surface area (TPSA) is 29.3 Å². The maximum atomic E-state index is 6.14. The highest BCUT2D eigenvalue weighted by Gasteiger charge is 2.50. The normalized spacial score (nSPS) is 39.4. The molecule has 2 rings (SSSR count). The Hall–Kier alpha value is -0.0800. The molecule has 1 saturated carbocycles. The quantitative estimate of drug-likeness (QED) is 0.816. The minimum absolute atomic E-state index is 0.371. The molecule has 0 spiro atoms. The Morgan fingerprint density at radius 1 is 1.29 bits per heavy atom. The Morgan fingerprint density at radius 3 is 2.53 bits per heavy atom. The Balaban J connectivity index is 2.03. The van der Waals surface area contributed by atoms with Crippen LogP contribution in [-0.4, -0.2) is 29.6 Å². The molecule has 2 heteroatoms. The predicted octanol–water partition coefficient (Wildman–Crippen LogP) is 3.01. The van der Waals surface area contributed by atoms with Crippen LogP contribution in [0.5, 0.6) is 0 Å². The van der Waals surface area contributed by atoms with Gasteiger partial charge >= 0.3 is 0 Å². The third-order valence-corrected chi connectivity index (χ3v) is 5.31. The first-order valence-electron chi connectivity index (χ1n) is 7.60. The largest absolute Gasteiger partial charge is 0.329 e. The Morgan fingerprint density at radius 2 is 2.00 bits per heavy atom. The molecular formula is C15H30N2. The molecule has 1 unspecified atom stereocenters. The van der Waals surface area contributed by atoms with Crippen LogP contribution in [-0.2, 0) is 0 Å². The molecule has 2 N–H and O–H groups in total. The maximum absolute atomic E-state index is 6.14. The average Bonchev–Trinajstić information content (AvgIpc) is 2.28. The van der Waals surface area contributed by atoms with Crippen LogP contribution < -0.4 is 5.73 Å². The van der Waals surface area contributed by atoms with Crippen molar-refractivity contribution in [1.82, 2.24) is 4.90 Å². The summed E-state index contributed by atoms with van der Waals surface area (Å²) in [4.78, 5) is 2.79. The van der Waals surface area contributed by atoms with Gasteiger partial charge in [0, 0.05) is 18.1 Å². The molecule has 0 amide bonds. The van der Waals surface area contributed by atoms with E-state index in [-0.39, 0.29) is 0 Å². The number of hydrogen-bond acceptors (Lipinski definition) is 2. The first kappa shape index (κ1) is 13.4. The van der Waals surface area contributed by atoms with Crippen molar-refractivity contribution in [2.45, 2.75) is 70.9 Å². The van der Waals surface area contributed by atoms with E-state index in [9.17, 15) is 0 Å². The molecule has 1 heterocycles. The molecule has 0 radical (unpaired) electrons. The number of likely N-dealkylation sites (tertiary alicyclic amines) is 1. The Kier molecular flexibility index (Phi) is 4.14. The number of nitrogens with two attached hydrogens (primary N) is 1. The van der Waals surface area contributed by atoms with Crippen LogP contribution in [0, 0.1) is 11.8 Å². The summed E-state index contributed by atoms with van der Waals surface area (Å²) in [6, 6.07) is 0.806. The van der Waals surface area contributed by atoms with Gasteiger partial charge in [0.15, 0.2) is 0 Å². The average molecular weight is 238 g/mol. The molecule has 1 saturated heterocycles. The van der Waals surface area contributed by atoms with Crippen molar-refractivity contribution in [3.63, 3.8) is 0 Å². The van der Waals surface area contributed by atoms with Crippen LogP contribution in [0.1, 0.15) is 59.3 Å². The van der Waals surface area contributed by atoms with Gasteiger partial charge in [-0.05, 0) is 50.5 Å². The van der Waals surface area contributed by atoms with Gasteiger partial charge in [0.2, 0.25) is 0 Å². The van der Waals surface area contributed by atoms with Crippen LogP contribution in [0.15, 0.2) is 0 Å². The fourth-order valence-electron chi connectivity index (χ4n) is 3.96. The van der Waals surface area contributed by atoms with E-state index >= 15 is 0 Å². The first-order valence-corrected chi connectivity index (χ1v) is 7.60. The van der Waals surface area contributed by atoms with Gasteiger partial charge in [-0.15, -0.1) is 0 Å². The van der Waals surface area contributed by atoms with Gasteiger partial charge in [-0.2, -0.15) is 0 Å². The second-order valence-electron chi connectivity index (χ2n) is 6.59. The molecule has 1 aliphatic carbocycles. The monoisotopic (exact) mass is 238 g/mol. The summed E-state index contributed by atoms with van der Waals surface area (Å²) in [7, 11) is 0. The first-order chi connectivity index (χ1) is 8.13. The van der Waals surface area contributed by atoms with Crippen molar-refractivity contribution < 1.29 is 0 Å². The van der Waals surface area contributed by atoms with E-state index in [1.165, 1.54) is 45.1 Å². The summed E-state index contributed by atoms with van der Waals surface area (Å²) < 4.78 is 0. The minimum Gasteiger partial charge on any atom is -0.329 e. The van der Waals surface area contributed by atoms with Gasteiger partial charge in [-0.1, -0.05) is 27.2 Å². The molecule has 2 aliphatic rings. The van der Waals surface area contributed by atoms with E-state index in [1.54, 1.807) is 0 Å². The van der Waals surface area contributed by atoms with Crippen molar-refractivity contribution >= 4 is 0 Å². The lowest BCUT2D eigenvalue weighted by Crippen LogP contribution is -2.66. The molecule has 0 bridgehead atoms. The highest BCUT2D eigenvalue weighted by molar-refractivity contribution is 5.06. The van der Waals surface area contributed by atoms with E-state index in [0.29, 0.717) is 5.54 Å². The third kappa shape index (κ3) is 2.39. The van der Waals surface area contributed by atoms with Crippen molar-refractivity contribution in [3.8, 4) is 0 Å². The summed E-state index contributed by atoms with van der Waals surface area (Å²) >= 11 is 0. The van der Waals surface area contributed by atoms with Gasteiger partial charge < -0.3 is 5.73 Å². The lowest BCUT2D eigenvalue weighted by Gasteiger charge is -2.58. The SMILES string of the molecule is CCC1CCCCN1C1(CN)CC(C(C)C)C1. The molecule has 0 aromatic heterocycles. The van der Waals surface area contributed by atoms with Crippen molar-refractivity contribution in [3.05, 3.63) is 0 Å². The second kappa shape index (κ2) is 5.27. The van der Waals surface area contributed by atoms with E-state index in [1.807, 2.05) is 0 Å². The summed E-state index contributed by atoms with van der Waals surface area (Å²) in [5.74, 6) is 1.75. The van der Waals surface area contributed by atoms with Gasteiger partial charge in [0.05, 0.1) is 0 Å². The van der Waals surface area contributed by atoms with Crippen LogP contribution in [0.3, 0.4) is 0 Å². The zero-order valence-electron chi connectivity index (χ0n) is 11.9. The van der Waals surface area contributed by atoms with Crippen LogP contribution in [0.2, 0.25) is 0 Å². The summed E-state index contributed by atoms with van der Waals surface area (Å²) in [6.07, 6.45) is 8.18. The highest BCUT2D eigenvalue weighted by Crippen LogP contribution is 2.47. The van der Waals surface area contributed by atoms with Crippen molar-refractivity contribution in [2.75, 3.05) is 13.1 Å². The van der Waals surface area contributed by atoms with Crippen LogP contribution >= 0.6 is 0 Å². The lowest BCUT2D eigenvalue weighted by atomic mass is 9.62. The highest BCUT2D eigenvalue weighted by atomic mass is 15.3. The Labute approximate surface area is 107 Å². The lowest BCUT2D eigenvalue weighted by molar-refractivity contribution is -0.0728. The van der Waals surface area contributed by atoms with E-state index in [0.717, 1.165) is 24.4 Å². The third-order valence-electron chi connectivity index (χ3n) is 5.31. The molecule has 0 aromatic carbocycles. The molecular weight excluding hydrogens is 208 g/mol. The van der Waals surface area contributed by atoms with Crippen molar-refractivity contribution in [2.24, 2.45) is 17.6 Å². The molecule has 1 aliphatic heterocycles. The molecule has 0 aromatic rings. The van der Waals surface area contributed by atoms with Gasteiger partial charge in [0.1, 0.15) is 0 Å². The van der Waals surface area contributed by atoms with Gasteiger partial charge in [-0.3, -0.25) is 4.90 Å². The molecule has 100 valence electrons. The molecule has 17 heavy (non-hydrogen) atoms. The van der Waals surface area contributed by atoms with E-state index < -0.39 is 0 Å².